The molecule has 3 rings (SSSR count). The number of alkyl halides is 2. The Labute approximate surface area is 206 Å². The topological polar surface area (TPSA) is 17.1 Å². The molecule has 0 N–H and O–H groups in total. The van der Waals surface area contributed by atoms with Crippen molar-refractivity contribution in [2.24, 2.45) is 5.92 Å². The normalized spacial score (nSPS) is 16.1. The fourth-order valence-electron chi connectivity index (χ4n) is 4.72. The molecular weight excluding hydrogens is 445 g/mol. The van der Waals surface area contributed by atoms with Gasteiger partial charge in [-0.1, -0.05) is 68.1 Å². The Balaban J connectivity index is 1.79. The maximum Gasteiger partial charge on any atom is 0.242 e. The summed E-state index contributed by atoms with van der Waals surface area (Å²) >= 11 is 0. The SMILES string of the molecule is C=C1C(Cc2ccc(C(C)=O)c(CC)c2)=CC=CC1C/C(=C\C)c1ccc(CC(F)F)c(C)c1F. The second-order valence-corrected chi connectivity index (χ2v) is 9.11. The molecule has 0 heterocycles. The molecule has 1 atom stereocenters. The average Bonchev–Trinajstić information content (AvgIpc) is 2.82. The van der Waals surface area contributed by atoms with Crippen molar-refractivity contribution in [3.8, 4) is 0 Å². The van der Waals surface area contributed by atoms with Crippen LogP contribution in [0.15, 0.2) is 72.4 Å². The van der Waals surface area contributed by atoms with Gasteiger partial charge in [0.15, 0.2) is 5.78 Å². The third-order valence-corrected chi connectivity index (χ3v) is 6.83. The molecule has 1 aliphatic carbocycles. The monoisotopic (exact) mass is 478 g/mol. The van der Waals surface area contributed by atoms with Crippen molar-refractivity contribution in [2.45, 2.75) is 59.8 Å². The van der Waals surface area contributed by atoms with Gasteiger partial charge < -0.3 is 0 Å². The van der Waals surface area contributed by atoms with E-state index in [0.717, 1.165) is 39.8 Å². The van der Waals surface area contributed by atoms with E-state index in [2.05, 4.69) is 24.8 Å². The van der Waals surface area contributed by atoms with Crippen LogP contribution in [0, 0.1) is 18.7 Å². The van der Waals surface area contributed by atoms with Gasteiger partial charge in [0, 0.05) is 23.5 Å². The second kappa shape index (κ2) is 11.5. The van der Waals surface area contributed by atoms with Gasteiger partial charge in [-0.15, -0.1) is 0 Å². The van der Waals surface area contributed by atoms with Crippen LogP contribution < -0.4 is 0 Å². The predicted molar refractivity (Wildman–Crippen MR) is 138 cm³/mol. The molecule has 0 fully saturated rings. The lowest BCUT2D eigenvalue weighted by Gasteiger charge is -2.24. The van der Waals surface area contributed by atoms with Crippen LogP contribution in [-0.4, -0.2) is 12.2 Å². The zero-order valence-electron chi connectivity index (χ0n) is 20.9. The molecule has 0 spiro atoms. The number of carbonyl (C=O) groups excluding carboxylic acids is 1. The molecule has 1 unspecified atom stereocenters. The minimum absolute atomic E-state index is 0.00350. The molecule has 0 bridgehead atoms. The Morgan fingerprint density at radius 2 is 1.86 bits per heavy atom. The number of Topliss-reactive ketones (excluding diaryl/α,β-unsaturated/α-hetero) is 1. The van der Waals surface area contributed by atoms with E-state index in [9.17, 15) is 13.6 Å². The van der Waals surface area contributed by atoms with Gasteiger partial charge in [0.25, 0.3) is 0 Å². The van der Waals surface area contributed by atoms with E-state index in [1.807, 2.05) is 38.1 Å². The van der Waals surface area contributed by atoms with Crippen LogP contribution in [0.1, 0.15) is 65.4 Å². The minimum Gasteiger partial charge on any atom is -0.295 e. The van der Waals surface area contributed by atoms with Crippen LogP contribution in [0.3, 0.4) is 0 Å². The fraction of sp³-hybridized carbons (Fsp3) is 0.323. The van der Waals surface area contributed by atoms with E-state index < -0.39 is 18.7 Å². The molecule has 0 aromatic heterocycles. The smallest absolute Gasteiger partial charge is 0.242 e. The highest BCUT2D eigenvalue weighted by atomic mass is 19.3. The van der Waals surface area contributed by atoms with Crippen LogP contribution in [-0.2, 0) is 19.3 Å². The number of hydrogen-bond donors (Lipinski definition) is 0. The second-order valence-electron chi connectivity index (χ2n) is 9.11. The lowest BCUT2D eigenvalue weighted by molar-refractivity contribution is 0.101. The summed E-state index contributed by atoms with van der Waals surface area (Å²) in [5.74, 6) is -0.361. The zero-order chi connectivity index (χ0) is 25.7. The molecule has 0 saturated heterocycles. The highest BCUT2D eigenvalue weighted by Gasteiger charge is 2.22. The Morgan fingerprint density at radius 3 is 2.49 bits per heavy atom. The van der Waals surface area contributed by atoms with Crippen molar-refractivity contribution < 1.29 is 18.0 Å². The molecule has 4 heteroatoms. The van der Waals surface area contributed by atoms with Crippen molar-refractivity contribution in [3.05, 3.63) is 112 Å². The first-order chi connectivity index (χ1) is 16.7. The van der Waals surface area contributed by atoms with Crippen molar-refractivity contribution in [2.75, 3.05) is 0 Å². The average molecular weight is 479 g/mol. The first-order valence-corrected chi connectivity index (χ1v) is 12.1. The van der Waals surface area contributed by atoms with Crippen molar-refractivity contribution in [3.63, 3.8) is 0 Å². The fourth-order valence-corrected chi connectivity index (χ4v) is 4.72. The van der Waals surface area contributed by atoms with E-state index in [0.29, 0.717) is 24.0 Å². The summed E-state index contributed by atoms with van der Waals surface area (Å²) in [6, 6.07) is 9.21. The van der Waals surface area contributed by atoms with Crippen LogP contribution in [0.4, 0.5) is 13.2 Å². The number of hydrogen-bond acceptors (Lipinski definition) is 1. The number of halogens is 3. The summed E-state index contributed by atoms with van der Waals surface area (Å²) in [6.07, 6.45) is 7.13. The van der Waals surface area contributed by atoms with Gasteiger partial charge >= 0.3 is 0 Å². The molecule has 184 valence electrons. The van der Waals surface area contributed by atoms with Crippen molar-refractivity contribution in [1.29, 1.82) is 0 Å². The summed E-state index contributed by atoms with van der Waals surface area (Å²) in [6.45, 7) is 11.4. The Bertz CT molecular complexity index is 1210. The third kappa shape index (κ3) is 6.11. The van der Waals surface area contributed by atoms with Gasteiger partial charge in [-0.2, -0.15) is 0 Å². The van der Waals surface area contributed by atoms with Gasteiger partial charge in [-0.25, -0.2) is 13.2 Å². The molecule has 0 radical (unpaired) electrons. The molecule has 2 aromatic rings. The van der Waals surface area contributed by atoms with Gasteiger partial charge in [-0.05, 0) is 79.0 Å². The molecule has 1 nitrogen and oxygen atoms in total. The van der Waals surface area contributed by atoms with Crippen LogP contribution in [0.2, 0.25) is 0 Å². The maximum atomic E-state index is 15.2. The molecule has 0 amide bonds. The van der Waals surface area contributed by atoms with Gasteiger partial charge in [0.05, 0.1) is 0 Å². The van der Waals surface area contributed by atoms with Gasteiger partial charge in [0.1, 0.15) is 5.82 Å². The Kier molecular flexibility index (Phi) is 8.71. The minimum atomic E-state index is -2.51. The Hall–Kier alpha value is -3.14. The molecule has 0 aliphatic heterocycles. The molecule has 0 saturated carbocycles. The Morgan fingerprint density at radius 1 is 1.14 bits per heavy atom. The number of carbonyl (C=O) groups is 1. The summed E-state index contributed by atoms with van der Waals surface area (Å²) < 4.78 is 40.8. The summed E-state index contributed by atoms with van der Waals surface area (Å²) in [5, 5.41) is 0. The largest absolute Gasteiger partial charge is 0.295 e. The highest BCUT2D eigenvalue weighted by Crippen LogP contribution is 2.36. The summed E-state index contributed by atoms with van der Waals surface area (Å²) in [5.41, 5.74) is 6.91. The van der Waals surface area contributed by atoms with E-state index in [4.69, 9.17) is 0 Å². The molecule has 1 aliphatic rings. The molecule has 35 heavy (non-hydrogen) atoms. The maximum absolute atomic E-state index is 15.2. The highest BCUT2D eigenvalue weighted by molar-refractivity contribution is 5.95. The first-order valence-electron chi connectivity index (χ1n) is 12.1. The first kappa shape index (κ1) is 26.5. The number of rotatable bonds is 9. The van der Waals surface area contributed by atoms with Gasteiger partial charge in [-0.3, -0.25) is 4.79 Å². The number of ketones is 1. The third-order valence-electron chi connectivity index (χ3n) is 6.83. The van der Waals surface area contributed by atoms with E-state index in [1.165, 1.54) is 0 Å². The molecular formula is C31H33F3O. The zero-order valence-corrected chi connectivity index (χ0v) is 20.9. The summed E-state index contributed by atoms with van der Waals surface area (Å²) in [7, 11) is 0. The number of aryl methyl sites for hydroxylation is 1. The quantitative estimate of drug-likeness (QED) is 0.331. The van der Waals surface area contributed by atoms with E-state index >= 15 is 4.39 Å². The van der Waals surface area contributed by atoms with Crippen molar-refractivity contribution in [1.82, 2.24) is 0 Å². The molecule has 2 aromatic carbocycles. The predicted octanol–water partition coefficient (Wildman–Crippen LogP) is 8.41. The van der Waals surface area contributed by atoms with Gasteiger partial charge in [0.2, 0.25) is 6.43 Å². The standard InChI is InChI=1S/C31H33F3O/c1-6-23-15-22(11-13-28(23)21(5)35)16-25-9-8-10-26(19(25)3)17-24(7-2)29-14-12-27(18-30(32)33)20(4)31(29)34/h7-15,26,30H,3,6,16-18H2,1-2,4-5H3/b24-7+. The van der Waals surface area contributed by atoms with Crippen LogP contribution >= 0.6 is 0 Å². The summed E-state index contributed by atoms with van der Waals surface area (Å²) in [4.78, 5) is 11.9. The van der Waals surface area contributed by atoms with E-state index in [-0.39, 0.29) is 17.3 Å². The van der Waals surface area contributed by atoms with Crippen LogP contribution in [0.5, 0.6) is 0 Å². The lowest BCUT2D eigenvalue weighted by Crippen LogP contribution is -2.10. The number of benzene rings is 2. The lowest BCUT2D eigenvalue weighted by atomic mass is 9.80. The number of allylic oxidation sites excluding steroid dienone is 7. The van der Waals surface area contributed by atoms with Crippen molar-refractivity contribution >= 4 is 11.4 Å². The van der Waals surface area contributed by atoms with Crippen LogP contribution in [0.25, 0.3) is 5.57 Å². The van der Waals surface area contributed by atoms with E-state index in [1.54, 1.807) is 26.0 Å².